The first-order chi connectivity index (χ1) is 13.7. The summed E-state index contributed by atoms with van der Waals surface area (Å²) in [5.41, 5.74) is 4.10. The van der Waals surface area contributed by atoms with Gasteiger partial charge in [-0.1, -0.05) is 24.3 Å². The molecule has 0 saturated carbocycles. The van der Waals surface area contributed by atoms with Crippen LogP contribution in [0.5, 0.6) is 0 Å². The second-order valence-electron chi connectivity index (χ2n) is 8.21. The Balaban J connectivity index is 2.10. The Morgan fingerprint density at radius 2 is 1.62 bits per heavy atom. The molecule has 1 heterocycles. The van der Waals surface area contributed by atoms with Gasteiger partial charge >= 0.3 is 11.9 Å². The number of carbonyl (C=O) groups is 2. The van der Waals surface area contributed by atoms with Crippen LogP contribution >= 0.6 is 0 Å². The second kappa shape index (κ2) is 10.7. The lowest BCUT2D eigenvalue weighted by Gasteiger charge is -2.19. The van der Waals surface area contributed by atoms with Crippen molar-refractivity contribution >= 4 is 11.9 Å². The Kier molecular flexibility index (Phi) is 8.37. The Hall–Kier alpha value is -2.69. The van der Waals surface area contributed by atoms with E-state index >= 15 is 0 Å². The number of hydrogen-bond acceptors (Lipinski definition) is 5. The average Bonchev–Trinajstić information content (AvgIpc) is 2.65. The molecule has 0 unspecified atom stereocenters. The van der Waals surface area contributed by atoms with Gasteiger partial charge in [0.15, 0.2) is 0 Å². The molecule has 2 aromatic rings. The first-order valence-corrected chi connectivity index (χ1v) is 10.0. The van der Waals surface area contributed by atoms with Gasteiger partial charge in [0.2, 0.25) is 0 Å². The topological polar surface area (TPSA) is 65.5 Å². The van der Waals surface area contributed by atoms with Crippen LogP contribution in [0.1, 0.15) is 62.3 Å². The average molecular weight is 398 g/mol. The highest BCUT2D eigenvalue weighted by atomic mass is 16.6. The highest BCUT2D eigenvalue weighted by molar-refractivity contribution is 5.70. The summed E-state index contributed by atoms with van der Waals surface area (Å²) in [6.07, 6.45) is 7.29. The maximum Gasteiger partial charge on any atom is 0.306 e. The lowest BCUT2D eigenvalue weighted by molar-refractivity contribution is -0.154. The molecule has 1 aromatic heterocycles. The van der Waals surface area contributed by atoms with E-state index in [0.717, 1.165) is 36.0 Å². The van der Waals surface area contributed by atoms with Gasteiger partial charge in [-0.3, -0.25) is 14.6 Å². The third-order valence-corrected chi connectivity index (χ3v) is 4.36. The minimum Gasteiger partial charge on any atom is -0.469 e. The van der Waals surface area contributed by atoms with Gasteiger partial charge in [0.1, 0.15) is 5.60 Å². The first-order valence-electron chi connectivity index (χ1n) is 10.0. The molecule has 0 saturated heterocycles. The van der Waals surface area contributed by atoms with E-state index in [1.807, 2.05) is 33.0 Å². The van der Waals surface area contributed by atoms with Crippen LogP contribution in [0.25, 0.3) is 0 Å². The number of methoxy groups -OCH3 is 1. The number of hydrogen-bond donors (Lipinski definition) is 0. The summed E-state index contributed by atoms with van der Waals surface area (Å²) in [6, 6.07) is 10.4. The summed E-state index contributed by atoms with van der Waals surface area (Å²) in [6.45, 7) is 5.62. The number of pyridine rings is 1. The van der Waals surface area contributed by atoms with Crippen LogP contribution in [0.4, 0.5) is 0 Å². The minimum atomic E-state index is -0.474. The Morgan fingerprint density at radius 3 is 2.24 bits per heavy atom. The molecule has 0 spiro atoms. The van der Waals surface area contributed by atoms with Crippen LogP contribution in [-0.2, 0) is 38.3 Å². The van der Waals surface area contributed by atoms with Crippen molar-refractivity contribution in [2.75, 3.05) is 7.11 Å². The van der Waals surface area contributed by atoms with Crippen molar-refractivity contribution in [3.63, 3.8) is 0 Å². The number of carbonyl (C=O) groups excluding carboxylic acids is 2. The number of ether oxygens (including phenoxy) is 2. The van der Waals surface area contributed by atoms with Gasteiger partial charge in [0.25, 0.3) is 0 Å². The van der Waals surface area contributed by atoms with Crippen LogP contribution in [0.15, 0.2) is 42.7 Å². The zero-order chi connectivity index (χ0) is 21.3. The van der Waals surface area contributed by atoms with Gasteiger partial charge < -0.3 is 9.47 Å². The number of nitrogens with zero attached hydrogens (tertiary/aromatic N) is 1. The maximum absolute atomic E-state index is 12.1. The molecule has 0 aliphatic rings. The van der Waals surface area contributed by atoms with Gasteiger partial charge in [-0.05, 0) is 74.8 Å². The number of rotatable bonds is 9. The van der Waals surface area contributed by atoms with Gasteiger partial charge in [-0.15, -0.1) is 0 Å². The molecular formula is C24H31NO4. The molecule has 1 aromatic carbocycles. The van der Waals surface area contributed by atoms with E-state index in [9.17, 15) is 9.59 Å². The molecule has 0 atom stereocenters. The van der Waals surface area contributed by atoms with Crippen molar-refractivity contribution in [1.82, 2.24) is 4.98 Å². The number of esters is 2. The summed E-state index contributed by atoms with van der Waals surface area (Å²) in [5, 5.41) is 0. The molecule has 0 radical (unpaired) electrons. The zero-order valence-corrected chi connectivity index (χ0v) is 17.9. The van der Waals surface area contributed by atoms with Crippen molar-refractivity contribution in [3.05, 3.63) is 65.0 Å². The Bertz CT molecular complexity index is 809. The van der Waals surface area contributed by atoms with Gasteiger partial charge in [-0.25, -0.2) is 0 Å². The van der Waals surface area contributed by atoms with E-state index in [2.05, 4.69) is 29.2 Å². The fraction of sp³-hybridized carbons (Fsp3) is 0.458. The lowest BCUT2D eigenvalue weighted by Crippen LogP contribution is -2.24. The van der Waals surface area contributed by atoms with E-state index in [-0.39, 0.29) is 11.9 Å². The molecule has 5 heteroatoms. The molecular weight excluding hydrogens is 366 g/mol. The highest BCUT2D eigenvalue weighted by Crippen LogP contribution is 2.18. The molecule has 0 fully saturated rings. The van der Waals surface area contributed by atoms with Crippen molar-refractivity contribution in [3.8, 4) is 0 Å². The van der Waals surface area contributed by atoms with Crippen LogP contribution in [-0.4, -0.2) is 29.6 Å². The van der Waals surface area contributed by atoms with Crippen molar-refractivity contribution < 1.29 is 19.1 Å². The van der Waals surface area contributed by atoms with Crippen molar-refractivity contribution in [2.45, 2.75) is 64.9 Å². The van der Waals surface area contributed by atoms with E-state index in [1.165, 1.54) is 12.7 Å². The summed E-state index contributed by atoms with van der Waals surface area (Å²) in [5.74, 6) is -0.385. The molecule has 29 heavy (non-hydrogen) atoms. The van der Waals surface area contributed by atoms with Crippen LogP contribution < -0.4 is 0 Å². The fourth-order valence-electron chi connectivity index (χ4n) is 3.15. The SMILES string of the molecule is COC(=O)CCCc1cc(CCC(=O)OC(C)(C)C)cc(Cc2cccnc2)c1. The summed E-state index contributed by atoms with van der Waals surface area (Å²) in [4.78, 5) is 27.7. The van der Waals surface area contributed by atoms with Gasteiger partial charge in [0, 0.05) is 25.2 Å². The van der Waals surface area contributed by atoms with E-state index in [1.54, 1.807) is 6.20 Å². The number of aryl methyl sites for hydroxylation is 2. The number of benzene rings is 1. The van der Waals surface area contributed by atoms with Crippen molar-refractivity contribution in [1.29, 1.82) is 0 Å². The maximum atomic E-state index is 12.1. The predicted octanol–water partition coefficient (Wildman–Crippen LogP) is 4.44. The molecule has 5 nitrogen and oxygen atoms in total. The molecule has 0 amide bonds. The smallest absolute Gasteiger partial charge is 0.306 e. The quantitative estimate of drug-likeness (QED) is 0.585. The molecule has 0 bridgehead atoms. The second-order valence-corrected chi connectivity index (χ2v) is 8.21. The largest absolute Gasteiger partial charge is 0.469 e. The minimum absolute atomic E-state index is 0.192. The van der Waals surface area contributed by atoms with Gasteiger partial charge in [-0.2, -0.15) is 0 Å². The molecule has 0 aliphatic heterocycles. The van der Waals surface area contributed by atoms with Crippen LogP contribution in [0.3, 0.4) is 0 Å². The summed E-state index contributed by atoms with van der Waals surface area (Å²) in [7, 11) is 1.41. The fourth-order valence-corrected chi connectivity index (χ4v) is 3.15. The predicted molar refractivity (Wildman–Crippen MR) is 113 cm³/mol. The lowest BCUT2D eigenvalue weighted by atomic mass is 9.96. The Morgan fingerprint density at radius 1 is 0.931 bits per heavy atom. The normalized spacial score (nSPS) is 11.2. The third-order valence-electron chi connectivity index (χ3n) is 4.36. The van der Waals surface area contributed by atoms with Gasteiger partial charge in [0.05, 0.1) is 7.11 Å². The summed E-state index contributed by atoms with van der Waals surface area (Å²) >= 11 is 0. The van der Waals surface area contributed by atoms with Crippen LogP contribution in [0.2, 0.25) is 0 Å². The Labute approximate surface area is 173 Å². The van der Waals surface area contributed by atoms with E-state index in [4.69, 9.17) is 9.47 Å². The zero-order valence-electron chi connectivity index (χ0n) is 17.9. The first kappa shape index (κ1) is 22.6. The molecule has 2 rings (SSSR count). The van der Waals surface area contributed by atoms with Crippen LogP contribution in [0, 0.1) is 0 Å². The van der Waals surface area contributed by atoms with Crippen molar-refractivity contribution in [2.24, 2.45) is 0 Å². The monoisotopic (exact) mass is 397 g/mol. The molecule has 156 valence electrons. The number of aromatic nitrogens is 1. The van der Waals surface area contributed by atoms with E-state index in [0.29, 0.717) is 19.3 Å². The third kappa shape index (κ3) is 8.90. The standard InChI is InChI=1S/C24H31NO4/c1-24(2,3)29-23(27)11-10-19-13-18(7-5-9-22(26)28-4)14-21(15-19)16-20-8-6-12-25-17-20/h6,8,12-15,17H,5,7,9-11,16H2,1-4H3. The highest BCUT2D eigenvalue weighted by Gasteiger charge is 2.16. The molecule has 0 N–H and O–H groups in total. The summed E-state index contributed by atoms with van der Waals surface area (Å²) < 4.78 is 10.1. The molecule has 0 aliphatic carbocycles. The van der Waals surface area contributed by atoms with E-state index < -0.39 is 5.60 Å².